The number of carboxylic acid groups (broad SMARTS) is 1. The SMILES string of the molecule is Cc1[nH]c(C=C2C(=O)Nc3ccc(Cl)cc32)c(CCC(=O)O)c1S(=O)(=O)c1ccccc1. The van der Waals surface area contributed by atoms with E-state index in [1.807, 2.05) is 0 Å². The molecule has 0 saturated carbocycles. The number of nitrogens with one attached hydrogen (secondary N) is 2. The highest BCUT2D eigenvalue weighted by atomic mass is 35.5. The van der Waals surface area contributed by atoms with Gasteiger partial charge in [-0.25, -0.2) is 8.42 Å². The number of halogens is 1. The molecule has 0 saturated heterocycles. The number of aromatic amines is 1. The standard InChI is InChI=1S/C23H19ClN2O5S/c1-13-22(32(30,31)15-5-3-2-4-6-15)16(8-10-21(27)28)20(25-13)12-18-17-11-14(24)7-9-19(17)26-23(18)29/h2-7,9,11-12,25H,8,10H2,1H3,(H,26,29)(H,27,28). The van der Waals surface area contributed by atoms with Crippen LogP contribution in [0.5, 0.6) is 0 Å². The Morgan fingerprint density at radius 1 is 1.16 bits per heavy atom. The van der Waals surface area contributed by atoms with Crippen LogP contribution >= 0.6 is 11.6 Å². The number of aromatic nitrogens is 1. The Morgan fingerprint density at radius 3 is 2.56 bits per heavy atom. The molecule has 0 unspecified atom stereocenters. The largest absolute Gasteiger partial charge is 0.481 e. The highest BCUT2D eigenvalue weighted by molar-refractivity contribution is 7.91. The smallest absolute Gasteiger partial charge is 0.303 e. The maximum absolute atomic E-state index is 13.4. The summed E-state index contributed by atoms with van der Waals surface area (Å²) in [6, 6.07) is 12.9. The summed E-state index contributed by atoms with van der Waals surface area (Å²) in [5.41, 5.74) is 2.56. The van der Waals surface area contributed by atoms with Crippen LogP contribution in [0.25, 0.3) is 11.6 Å². The number of amides is 1. The zero-order valence-electron chi connectivity index (χ0n) is 17.0. The van der Waals surface area contributed by atoms with Crippen molar-refractivity contribution >= 4 is 50.7 Å². The van der Waals surface area contributed by atoms with Gasteiger partial charge >= 0.3 is 5.97 Å². The summed E-state index contributed by atoms with van der Waals surface area (Å²) in [7, 11) is -3.92. The number of sulfone groups is 1. The third kappa shape index (κ3) is 3.94. The Morgan fingerprint density at radius 2 is 1.88 bits per heavy atom. The van der Waals surface area contributed by atoms with E-state index < -0.39 is 15.8 Å². The number of aliphatic carboxylic acids is 1. The first-order valence-electron chi connectivity index (χ1n) is 9.75. The van der Waals surface area contributed by atoms with Crippen molar-refractivity contribution in [1.82, 2.24) is 4.98 Å². The molecule has 0 bridgehead atoms. The lowest BCUT2D eigenvalue weighted by atomic mass is 10.0. The molecule has 7 nitrogen and oxygen atoms in total. The minimum Gasteiger partial charge on any atom is -0.481 e. The number of H-pyrrole nitrogens is 1. The van der Waals surface area contributed by atoms with Gasteiger partial charge in [-0.1, -0.05) is 29.8 Å². The predicted octanol–water partition coefficient (Wildman–Crippen LogP) is 4.32. The molecular formula is C23H19ClN2O5S. The first-order valence-corrected chi connectivity index (χ1v) is 11.6. The minimum atomic E-state index is -3.92. The van der Waals surface area contributed by atoms with Crippen LogP contribution < -0.4 is 5.32 Å². The molecule has 1 amide bonds. The van der Waals surface area contributed by atoms with Crippen LogP contribution in [0.2, 0.25) is 5.02 Å². The number of hydrogen-bond acceptors (Lipinski definition) is 4. The molecule has 3 aromatic rings. The third-order valence-electron chi connectivity index (χ3n) is 5.23. The lowest BCUT2D eigenvalue weighted by Crippen LogP contribution is -2.08. The Bertz CT molecular complexity index is 1370. The first-order chi connectivity index (χ1) is 15.2. The average molecular weight is 471 g/mol. The van der Waals surface area contributed by atoms with Gasteiger partial charge in [0.1, 0.15) is 0 Å². The monoisotopic (exact) mass is 470 g/mol. The highest BCUT2D eigenvalue weighted by Gasteiger charge is 2.30. The lowest BCUT2D eigenvalue weighted by Gasteiger charge is -2.08. The van der Waals surface area contributed by atoms with Gasteiger partial charge in [-0.3, -0.25) is 9.59 Å². The van der Waals surface area contributed by atoms with E-state index in [1.165, 1.54) is 12.1 Å². The number of carbonyl (C=O) groups is 2. The van der Waals surface area contributed by atoms with E-state index in [0.29, 0.717) is 38.8 Å². The molecule has 0 radical (unpaired) electrons. The van der Waals surface area contributed by atoms with Gasteiger partial charge in [0.15, 0.2) is 0 Å². The van der Waals surface area contributed by atoms with Crippen LogP contribution in [0.3, 0.4) is 0 Å². The topological polar surface area (TPSA) is 116 Å². The molecule has 1 aliphatic rings. The van der Waals surface area contributed by atoms with Crippen molar-refractivity contribution in [3.05, 3.63) is 76.1 Å². The van der Waals surface area contributed by atoms with E-state index in [2.05, 4.69) is 10.3 Å². The van der Waals surface area contributed by atoms with Gasteiger partial charge in [-0.15, -0.1) is 0 Å². The van der Waals surface area contributed by atoms with Crippen LogP contribution in [0.15, 0.2) is 58.3 Å². The Hall–Kier alpha value is -3.36. The molecule has 0 fully saturated rings. The van der Waals surface area contributed by atoms with Crippen molar-refractivity contribution in [2.24, 2.45) is 0 Å². The number of fused-ring (bicyclic) bond motifs is 1. The minimum absolute atomic E-state index is 0.0236. The van der Waals surface area contributed by atoms with Crippen LogP contribution in [0.4, 0.5) is 5.69 Å². The normalized spacial score (nSPS) is 14.4. The molecule has 0 atom stereocenters. The third-order valence-corrected chi connectivity index (χ3v) is 7.44. The second kappa shape index (κ2) is 8.29. The molecule has 3 N–H and O–H groups in total. The Balaban J connectivity index is 1.90. The molecule has 1 aliphatic heterocycles. The maximum atomic E-state index is 13.4. The summed E-state index contributed by atoms with van der Waals surface area (Å²) < 4.78 is 26.8. The fourth-order valence-electron chi connectivity index (χ4n) is 3.82. The number of carboxylic acids is 1. The van der Waals surface area contributed by atoms with Crippen molar-refractivity contribution in [3.63, 3.8) is 0 Å². The predicted molar refractivity (Wildman–Crippen MR) is 121 cm³/mol. The number of benzene rings is 2. The molecule has 0 aliphatic carbocycles. The molecule has 9 heteroatoms. The van der Waals surface area contributed by atoms with Crippen LogP contribution in [0.1, 0.15) is 28.9 Å². The summed E-state index contributed by atoms with van der Waals surface area (Å²) in [5, 5.41) is 12.4. The zero-order valence-corrected chi connectivity index (χ0v) is 18.5. The van der Waals surface area contributed by atoms with Gasteiger partial charge < -0.3 is 15.4 Å². The molecule has 1 aromatic heterocycles. The highest BCUT2D eigenvalue weighted by Crippen LogP contribution is 2.37. The summed E-state index contributed by atoms with van der Waals surface area (Å²) in [4.78, 5) is 27.0. The quantitative estimate of drug-likeness (QED) is 0.464. The van der Waals surface area contributed by atoms with E-state index in [9.17, 15) is 23.1 Å². The zero-order chi connectivity index (χ0) is 23.0. The van der Waals surface area contributed by atoms with E-state index in [-0.39, 0.29) is 28.5 Å². The summed E-state index contributed by atoms with van der Waals surface area (Å²) in [6.45, 7) is 1.61. The van der Waals surface area contributed by atoms with Crippen LogP contribution in [-0.4, -0.2) is 30.4 Å². The summed E-state index contributed by atoms with van der Waals surface area (Å²) in [6.07, 6.45) is 1.26. The van der Waals surface area contributed by atoms with E-state index >= 15 is 0 Å². The van der Waals surface area contributed by atoms with Crippen LogP contribution in [-0.2, 0) is 25.8 Å². The van der Waals surface area contributed by atoms with Crippen molar-refractivity contribution < 1.29 is 23.1 Å². The van der Waals surface area contributed by atoms with Gasteiger partial charge in [-0.05, 0) is 55.3 Å². The van der Waals surface area contributed by atoms with Crippen molar-refractivity contribution in [1.29, 1.82) is 0 Å². The molecule has 2 aromatic carbocycles. The number of hydrogen-bond donors (Lipinski definition) is 3. The van der Waals surface area contributed by atoms with Gasteiger partial charge in [0, 0.05) is 34.1 Å². The van der Waals surface area contributed by atoms with E-state index in [1.54, 1.807) is 49.4 Å². The maximum Gasteiger partial charge on any atom is 0.303 e. The van der Waals surface area contributed by atoms with Crippen molar-refractivity contribution in [3.8, 4) is 0 Å². The average Bonchev–Trinajstić information content (AvgIpc) is 3.23. The lowest BCUT2D eigenvalue weighted by molar-refractivity contribution is -0.137. The van der Waals surface area contributed by atoms with Gasteiger partial charge in [0.2, 0.25) is 9.84 Å². The number of carbonyl (C=O) groups excluding carboxylic acids is 1. The fourth-order valence-corrected chi connectivity index (χ4v) is 5.73. The van der Waals surface area contributed by atoms with Crippen molar-refractivity contribution in [2.75, 3.05) is 5.32 Å². The van der Waals surface area contributed by atoms with Crippen LogP contribution in [0, 0.1) is 6.92 Å². The second-order valence-corrected chi connectivity index (χ2v) is 9.71. The van der Waals surface area contributed by atoms with Gasteiger partial charge in [0.05, 0.1) is 15.4 Å². The Labute approximate surface area is 189 Å². The Kier molecular flexibility index (Phi) is 5.66. The van der Waals surface area contributed by atoms with E-state index in [4.69, 9.17) is 11.6 Å². The van der Waals surface area contributed by atoms with Crippen molar-refractivity contribution in [2.45, 2.75) is 29.6 Å². The van der Waals surface area contributed by atoms with Gasteiger partial charge in [0.25, 0.3) is 5.91 Å². The summed E-state index contributed by atoms with van der Waals surface area (Å²) in [5.74, 6) is -1.41. The molecule has 4 rings (SSSR count). The number of rotatable bonds is 6. The molecule has 164 valence electrons. The van der Waals surface area contributed by atoms with E-state index in [0.717, 1.165) is 0 Å². The summed E-state index contributed by atoms with van der Waals surface area (Å²) >= 11 is 6.09. The first kappa shape index (κ1) is 21.9. The number of aryl methyl sites for hydroxylation is 1. The molecule has 2 heterocycles. The van der Waals surface area contributed by atoms with Gasteiger partial charge in [-0.2, -0.15) is 0 Å². The molecular weight excluding hydrogens is 452 g/mol. The fraction of sp³-hybridized carbons (Fsp3) is 0.130. The molecule has 32 heavy (non-hydrogen) atoms. The second-order valence-electron chi connectivity index (χ2n) is 7.38. The molecule has 0 spiro atoms. The number of anilines is 1.